The predicted octanol–water partition coefficient (Wildman–Crippen LogP) is 4.26. The summed E-state index contributed by atoms with van der Waals surface area (Å²) in [5.74, 6) is 1.35. The van der Waals surface area contributed by atoms with Crippen molar-refractivity contribution >= 4 is 23.7 Å². The van der Waals surface area contributed by atoms with E-state index >= 15 is 0 Å². The van der Waals surface area contributed by atoms with Gasteiger partial charge in [0.05, 0.1) is 11.8 Å². The van der Waals surface area contributed by atoms with E-state index in [0.717, 1.165) is 50.0 Å². The number of hydrogen-bond donors (Lipinski definition) is 0. The highest BCUT2D eigenvalue weighted by molar-refractivity contribution is 7.10. The van der Waals surface area contributed by atoms with Crippen molar-refractivity contribution in [1.82, 2.24) is 14.7 Å². The molecule has 5 rings (SSSR count). The maximum absolute atomic E-state index is 13.4. The first-order chi connectivity index (χ1) is 16.1. The van der Waals surface area contributed by atoms with Crippen molar-refractivity contribution in [3.63, 3.8) is 0 Å². The van der Waals surface area contributed by atoms with Gasteiger partial charge in [-0.25, -0.2) is 4.79 Å². The summed E-state index contributed by atoms with van der Waals surface area (Å²) in [4.78, 5) is 33.7. The highest BCUT2D eigenvalue weighted by Gasteiger charge is 2.39. The minimum Gasteiger partial charge on any atom is -0.335 e. The Labute approximate surface area is 199 Å². The molecule has 0 bridgehead atoms. The summed E-state index contributed by atoms with van der Waals surface area (Å²) in [5, 5.41) is 6.32. The molecule has 2 aromatic rings. The first kappa shape index (κ1) is 22.6. The molecule has 0 N–H and O–H groups in total. The van der Waals surface area contributed by atoms with Crippen molar-refractivity contribution < 1.29 is 19.1 Å². The highest BCUT2D eigenvalue weighted by Crippen LogP contribution is 2.39. The second-order valence-corrected chi connectivity index (χ2v) is 11.1. The van der Waals surface area contributed by atoms with Gasteiger partial charge in [0.25, 0.3) is 5.91 Å². The van der Waals surface area contributed by atoms with Crippen LogP contribution in [-0.2, 0) is 23.2 Å². The number of aromatic nitrogens is 2. The quantitative estimate of drug-likeness (QED) is 0.467. The highest BCUT2D eigenvalue weighted by atomic mass is 32.1. The van der Waals surface area contributed by atoms with Crippen LogP contribution in [0.1, 0.15) is 78.1 Å². The third-order valence-electron chi connectivity index (χ3n) is 8.04. The average molecular weight is 472 g/mol. The second-order valence-electron chi connectivity index (χ2n) is 10.2. The van der Waals surface area contributed by atoms with Crippen LogP contribution in [0.2, 0.25) is 0 Å². The fourth-order valence-electron chi connectivity index (χ4n) is 6.32. The van der Waals surface area contributed by atoms with Gasteiger partial charge < -0.3 is 4.90 Å². The molecule has 33 heavy (non-hydrogen) atoms. The zero-order valence-electron chi connectivity index (χ0n) is 19.5. The molecule has 2 atom stereocenters. The first-order valence-electron chi connectivity index (χ1n) is 12.4. The second kappa shape index (κ2) is 9.58. The Balaban J connectivity index is 1.24. The number of quaternary nitrogens is 1. The number of carbonyl (C=O) groups excluding carboxylic acids is 2. The van der Waals surface area contributed by atoms with Crippen LogP contribution in [0.15, 0.2) is 23.8 Å². The van der Waals surface area contributed by atoms with E-state index in [1.54, 1.807) is 16.0 Å². The lowest BCUT2D eigenvalue weighted by molar-refractivity contribution is -1.10. The number of hydrogen-bond acceptors (Lipinski definition) is 5. The fraction of sp³-hybridized carbons (Fsp3) is 0.640. The average Bonchev–Trinajstić information content (AvgIpc) is 3.48. The number of likely N-dealkylation sites (tertiary alicyclic amines) is 2. The molecule has 178 valence electrons. The van der Waals surface area contributed by atoms with Gasteiger partial charge in [0.2, 0.25) is 0 Å². The van der Waals surface area contributed by atoms with Gasteiger partial charge in [-0.15, -0.1) is 16.0 Å². The molecule has 2 aliphatic heterocycles. The van der Waals surface area contributed by atoms with Crippen LogP contribution < -0.4 is 0 Å². The number of fused-ring (bicyclic) bond motifs is 1. The van der Waals surface area contributed by atoms with E-state index in [1.807, 2.05) is 19.4 Å². The van der Waals surface area contributed by atoms with Crippen molar-refractivity contribution in [1.29, 1.82) is 0 Å². The van der Waals surface area contributed by atoms with Crippen LogP contribution in [0.5, 0.6) is 0 Å². The number of nitrogens with zero attached hydrogens (tertiary/aromatic N) is 4. The van der Waals surface area contributed by atoms with Crippen molar-refractivity contribution in [2.45, 2.75) is 69.9 Å². The summed E-state index contributed by atoms with van der Waals surface area (Å²) in [6.45, 7) is 3.68. The molecule has 3 fully saturated rings. The molecule has 8 heteroatoms. The van der Waals surface area contributed by atoms with Gasteiger partial charge in [0.1, 0.15) is 19.6 Å². The summed E-state index contributed by atoms with van der Waals surface area (Å²) in [6, 6.07) is 2.59. The molecule has 0 aromatic carbocycles. The number of aryl methyl sites for hydroxylation is 1. The van der Waals surface area contributed by atoms with Crippen LogP contribution >= 0.6 is 11.3 Å². The summed E-state index contributed by atoms with van der Waals surface area (Å²) < 4.78 is 2.10. The SMILES string of the molecule is Cn1cc(C[N+]2(OC=O)CCC(c3cc(C(=O)N4CCCC5CCCCC54)cs3)CC2)cn1. The number of carbonyl (C=O) groups is 2. The van der Waals surface area contributed by atoms with E-state index in [-0.39, 0.29) is 5.91 Å². The molecule has 4 heterocycles. The Kier molecular flexibility index (Phi) is 6.56. The van der Waals surface area contributed by atoms with Gasteiger partial charge in [0, 0.05) is 60.4 Å². The Bertz CT molecular complexity index is 976. The fourth-order valence-corrected chi connectivity index (χ4v) is 7.38. The van der Waals surface area contributed by atoms with Gasteiger partial charge >= 0.3 is 6.47 Å². The Morgan fingerprint density at radius 2 is 2.00 bits per heavy atom. The van der Waals surface area contributed by atoms with E-state index in [9.17, 15) is 9.59 Å². The van der Waals surface area contributed by atoms with Crippen molar-refractivity contribution in [2.24, 2.45) is 13.0 Å². The van der Waals surface area contributed by atoms with Gasteiger partial charge in [-0.1, -0.05) is 12.8 Å². The first-order valence-corrected chi connectivity index (χ1v) is 13.3. The number of piperidine rings is 2. The number of rotatable bonds is 6. The molecular formula is C25H35N4O3S+. The van der Waals surface area contributed by atoms with Crippen molar-refractivity contribution in [3.05, 3.63) is 39.8 Å². The standard InChI is InChI=1S/C25H35N4O3S/c1-27-15-19(14-26-27)16-29(32-18-30)11-8-21(9-12-29)24-13-22(17-33-24)25(31)28-10-4-6-20-5-2-3-7-23(20)28/h13-15,17-18,20-21,23H,2-12,16H2,1H3/q+1. The maximum atomic E-state index is 13.4. The molecule has 2 aromatic heterocycles. The number of hydroxylamine groups is 3. The molecule has 1 aliphatic carbocycles. The van der Waals surface area contributed by atoms with E-state index in [4.69, 9.17) is 4.84 Å². The van der Waals surface area contributed by atoms with E-state index in [1.165, 1.54) is 37.0 Å². The van der Waals surface area contributed by atoms with Crippen LogP contribution in [0.25, 0.3) is 0 Å². The molecule has 1 amide bonds. The van der Waals surface area contributed by atoms with Crippen molar-refractivity contribution in [3.8, 4) is 0 Å². The van der Waals surface area contributed by atoms with Crippen LogP contribution in [-0.4, -0.2) is 57.4 Å². The number of amides is 1. The Morgan fingerprint density at radius 1 is 1.21 bits per heavy atom. The Hall–Kier alpha value is -2.19. The lowest BCUT2D eigenvalue weighted by atomic mass is 9.78. The molecule has 2 saturated heterocycles. The van der Waals surface area contributed by atoms with Gasteiger partial charge in [-0.3, -0.25) is 14.3 Å². The van der Waals surface area contributed by atoms with Crippen molar-refractivity contribution in [2.75, 3.05) is 19.6 Å². The molecular weight excluding hydrogens is 436 g/mol. The van der Waals surface area contributed by atoms with Gasteiger partial charge in [0.15, 0.2) is 0 Å². The summed E-state index contributed by atoms with van der Waals surface area (Å²) in [6.07, 6.45) is 13.2. The third kappa shape index (κ3) is 4.73. The van der Waals surface area contributed by atoms with Crippen LogP contribution in [0, 0.1) is 5.92 Å². The monoisotopic (exact) mass is 471 g/mol. The lowest BCUT2D eigenvalue weighted by Gasteiger charge is -2.44. The predicted molar refractivity (Wildman–Crippen MR) is 126 cm³/mol. The minimum absolute atomic E-state index is 0.232. The number of thiophene rings is 1. The summed E-state index contributed by atoms with van der Waals surface area (Å²) in [7, 11) is 1.90. The minimum atomic E-state index is 0.232. The van der Waals surface area contributed by atoms with E-state index in [2.05, 4.69) is 21.4 Å². The van der Waals surface area contributed by atoms with Gasteiger partial charge in [-0.2, -0.15) is 5.10 Å². The smallest absolute Gasteiger partial charge is 0.335 e. The van der Waals surface area contributed by atoms with E-state index in [0.29, 0.717) is 35.5 Å². The molecule has 7 nitrogen and oxygen atoms in total. The summed E-state index contributed by atoms with van der Waals surface area (Å²) >= 11 is 1.72. The largest absolute Gasteiger partial charge is 0.355 e. The molecule has 3 aliphatic rings. The molecule has 2 unspecified atom stereocenters. The Morgan fingerprint density at radius 3 is 2.76 bits per heavy atom. The molecule has 0 radical (unpaired) electrons. The van der Waals surface area contributed by atoms with Crippen LogP contribution in [0.4, 0.5) is 0 Å². The zero-order valence-corrected chi connectivity index (χ0v) is 20.3. The molecule has 0 spiro atoms. The summed E-state index contributed by atoms with van der Waals surface area (Å²) in [5.41, 5.74) is 1.94. The zero-order chi connectivity index (χ0) is 22.8. The van der Waals surface area contributed by atoms with E-state index < -0.39 is 0 Å². The topological polar surface area (TPSA) is 64.4 Å². The molecule has 1 saturated carbocycles. The maximum Gasteiger partial charge on any atom is 0.355 e. The normalized spacial score (nSPS) is 30.0. The lowest BCUT2D eigenvalue weighted by Crippen LogP contribution is -2.51. The van der Waals surface area contributed by atoms with Crippen LogP contribution in [0.3, 0.4) is 0 Å². The third-order valence-corrected chi connectivity index (χ3v) is 9.13. The van der Waals surface area contributed by atoms with Gasteiger partial charge in [-0.05, 0) is 37.7 Å².